The van der Waals surface area contributed by atoms with E-state index in [1.54, 1.807) is 24.4 Å². The molecule has 20 heavy (non-hydrogen) atoms. The number of nitrogens with one attached hydrogen (secondary N) is 1. The number of aliphatic hydroxyl groups excluding tert-OH is 1. The summed E-state index contributed by atoms with van der Waals surface area (Å²) in [6.07, 6.45) is 2.94. The van der Waals surface area contributed by atoms with Gasteiger partial charge in [0.25, 0.3) is 0 Å². The molecule has 106 valence electrons. The van der Waals surface area contributed by atoms with E-state index in [1.807, 2.05) is 19.2 Å². The minimum absolute atomic E-state index is 0.429. The van der Waals surface area contributed by atoms with Crippen LogP contribution in [0.25, 0.3) is 0 Å². The van der Waals surface area contributed by atoms with E-state index in [0.717, 1.165) is 11.1 Å². The molecule has 2 N–H and O–H groups in total. The molecule has 0 spiro atoms. The topological polar surface area (TPSA) is 45.2 Å². The number of aliphatic hydroxyl groups is 1. The highest BCUT2D eigenvalue weighted by Gasteiger charge is 2.09. The zero-order valence-electron chi connectivity index (χ0n) is 11.1. The minimum atomic E-state index is -0.645. The third-order valence-electron chi connectivity index (χ3n) is 3.06. The van der Waals surface area contributed by atoms with E-state index in [1.165, 1.54) is 0 Å². The average molecular weight is 311 g/mol. The van der Waals surface area contributed by atoms with Crippen LogP contribution in [0.15, 0.2) is 36.7 Å². The van der Waals surface area contributed by atoms with Gasteiger partial charge in [0.05, 0.1) is 6.10 Å². The highest BCUT2D eigenvalue weighted by atomic mass is 35.5. The summed E-state index contributed by atoms with van der Waals surface area (Å²) in [5, 5.41) is 14.4. The lowest BCUT2D eigenvalue weighted by Crippen LogP contribution is -2.21. The number of nitrogens with zero attached hydrogens (tertiary/aromatic N) is 1. The van der Waals surface area contributed by atoms with Gasteiger partial charge in [-0.3, -0.25) is 4.98 Å². The van der Waals surface area contributed by atoms with Gasteiger partial charge in [0.15, 0.2) is 0 Å². The predicted molar refractivity (Wildman–Crippen MR) is 82.1 cm³/mol. The standard InChI is InChI=1S/C15H16Cl2N2O/c1-10-7-18-3-2-11(10)8-19-9-15(20)12-4-13(16)6-14(17)5-12/h2-7,15,19-20H,8-9H2,1H3. The zero-order valence-corrected chi connectivity index (χ0v) is 12.6. The van der Waals surface area contributed by atoms with Gasteiger partial charge >= 0.3 is 0 Å². The molecule has 0 bridgehead atoms. The Labute approximate surface area is 128 Å². The largest absolute Gasteiger partial charge is 0.387 e. The number of aryl methyl sites for hydroxylation is 1. The number of benzene rings is 1. The molecule has 1 atom stereocenters. The fraction of sp³-hybridized carbons (Fsp3) is 0.267. The molecule has 5 heteroatoms. The fourth-order valence-electron chi connectivity index (χ4n) is 1.93. The first-order valence-corrected chi connectivity index (χ1v) is 7.06. The summed E-state index contributed by atoms with van der Waals surface area (Å²) in [5.74, 6) is 0. The Balaban J connectivity index is 1.92. The van der Waals surface area contributed by atoms with Crippen LogP contribution in [0, 0.1) is 6.92 Å². The predicted octanol–water partition coefficient (Wildman–Crippen LogP) is 3.52. The summed E-state index contributed by atoms with van der Waals surface area (Å²) in [6.45, 7) is 3.12. The van der Waals surface area contributed by atoms with Crippen molar-refractivity contribution in [3.63, 3.8) is 0 Å². The SMILES string of the molecule is Cc1cnccc1CNCC(O)c1cc(Cl)cc(Cl)c1. The second-order valence-electron chi connectivity index (χ2n) is 4.65. The van der Waals surface area contributed by atoms with Crippen molar-refractivity contribution in [1.82, 2.24) is 10.3 Å². The molecule has 1 heterocycles. The lowest BCUT2D eigenvalue weighted by Gasteiger charge is -2.13. The second-order valence-corrected chi connectivity index (χ2v) is 5.52. The van der Waals surface area contributed by atoms with E-state index < -0.39 is 6.10 Å². The Morgan fingerprint density at radius 3 is 2.60 bits per heavy atom. The molecule has 1 aromatic carbocycles. The first kappa shape index (κ1) is 15.3. The van der Waals surface area contributed by atoms with E-state index >= 15 is 0 Å². The summed E-state index contributed by atoms with van der Waals surface area (Å²) in [4.78, 5) is 4.05. The number of aromatic nitrogens is 1. The number of rotatable bonds is 5. The molecule has 0 radical (unpaired) electrons. The first-order chi connectivity index (χ1) is 9.56. The van der Waals surface area contributed by atoms with Crippen molar-refractivity contribution in [1.29, 1.82) is 0 Å². The van der Waals surface area contributed by atoms with Crippen LogP contribution in [0.4, 0.5) is 0 Å². The number of pyridine rings is 1. The van der Waals surface area contributed by atoms with E-state index in [9.17, 15) is 5.11 Å². The van der Waals surface area contributed by atoms with Crippen molar-refractivity contribution in [2.75, 3.05) is 6.54 Å². The Morgan fingerprint density at radius 2 is 1.95 bits per heavy atom. The normalized spacial score (nSPS) is 12.4. The molecule has 3 nitrogen and oxygen atoms in total. The van der Waals surface area contributed by atoms with Crippen LogP contribution >= 0.6 is 23.2 Å². The van der Waals surface area contributed by atoms with E-state index in [-0.39, 0.29) is 0 Å². The summed E-state index contributed by atoms with van der Waals surface area (Å²) >= 11 is 11.8. The molecule has 0 saturated carbocycles. The van der Waals surface area contributed by atoms with Crippen molar-refractivity contribution < 1.29 is 5.11 Å². The monoisotopic (exact) mass is 310 g/mol. The molecule has 1 unspecified atom stereocenters. The summed E-state index contributed by atoms with van der Waals surface area (Å²) in [6, 6.07) is 7.05. The van der Waals surface area contributed by atoms with Crippen molar-refractivity contribution in [3.05, 3.63) is 63.4 Å². The Kier molecular flexibility index (Phi) is 5.38. The maximum Gasteiger partial charge on any atom is 0.0915 e. The lowest BCUT2D eigenvalue weighted by molar-refractivity contribution is 0.174. The fourth-order valence-corrected chi connectivity index (χ4v) is 2.47. The minimum Gasteiger partial charge on any atom is -0.387 e. The van der Waals surface area contributed by atoms with Gasteiger partial charge in [-0.25, -0.2) is 0 Å². The number of hydrogen-bond donors (Lipinski definition) is 2. The summed E-state index contributed by atoms with van der Waals surface area (Å²) in [5.41, 5.74) is 3.00. The Hall–Kier alpha value is -1.13. The van der Waals surface area contributed by atoms with Crippen LogP contribution < -0.4 is 5.32 Å². The smallest absolute Gasteiger partial charge is 0.0915 e. The van der Waals surface area contributed by atoms with Crippen molar-refractivity contribution in [3.8, 4) is 0 Å². The van der Waals surface area contributed by atoms with E-state index in [2.05, 4.69) is 10.3 Å². The van der Waals surface area contributed by atoms with Gasteiger partial charge < -0.3 is 10.4 Å². The molecule has 1 aromatic heterocycles. The van der Waals surface area contributed by atoms with Crippen LogP contribution in [-0.4, -0.2) is 16.6 Å². The van der Waals surface area contributed by atoms with Gasteiger partial charge in [-0.2, -0.15) is 0 Å². The molecule has 2 aromatic rings. The zero-order chi connectivity index (χ0) is 14.5. The number of hydrogen-bond acceptors (Lipinski definition) is 3. The van der Waals surface area contributed by atoms with Crippen molar-refractivity contribution in [2.24, 2.45) is 0 Å². The van der Waals surface area contributed by atoms with Gasteiger partial charge in [-0.1, -0.05) is 23.2 Å². The average Bonchev–Trinajstić information content (AvgIpc) is 2.39. The molecule has 0 amide bonds. The first-order valence-electron chi connectivity index (χ1n) is 6.30. The summed E-state index contributed by atoms with van der Waals surface area (Å²) < 4.78 is 0. The molecule has 2 rings (SSSR count). The van der Waals surface area contributed by atoms with Gasteiger partial charge in [-0.05, 0) is 47.9 Å². The van der Waals surface area contributed by atoms with Gasteiger partial charge in [0.1, 0.15) is 0 Å². The third kappa shape index (κ3) is 4.18. The van der Waals surface area contributed by atoms with Gasteiger partial charge in [0.2, 0.25) is 0 Å². The quantitative estimate of drug-likeness (QED) is 0.888. The third-order valence-corrected chi connectivity index (χ3v) is 3.50. The molecule has 0 saturated heterocycles. The van der Waals surface area contributed by atoms with E-state index in [0.29, 0.717) is 28.7 Å². The lowest BCUT2D eigenvalue weighted by atomic mass is 10.1. The maximum absolute atomic E-state index is 10.1. The molecule has 0 aliphatic carbocycles. The molecular weight excluding hydrogens is 295 g/mol. The molecule has 0 fully saturated rings. The van der Waals surface area contributed by atoms with Crippen LogP contribution in [-0.2, 0) is 6.54 Å². The van der Waals surface area contributed by atoms with E-state index in [4.69, 9.17) is 23.2 Å². The second kappa shape index (κ2) is 7.04. The van der Waals surface area contributed by atoms with Crippen LogP contribution in [0.2, 0.25) is 10.0 Å². The van der Waals surface area contributed by atoms with Gasteiger partial charge in [0, 0.05) is 35.5 Å². The highest BCUT2D eigenvalue weighted by Crippen LogP contribution is 2.23. The molecule has 0 aliphatic heterocycles. The highest BCUT2D eigenvalue weighted by molar-refractivity contribution is 6.34. The maximum atomic E-state index is 10.1. The van der Waals surface area contributed by atoms with Crippen LogP contribution in [0.5, 0.6) is 0 Å². The van der Waals surface area contributed by atoms with Crippen LogP contribution in [0.1, 0.15) is 22.8 Å². The Morgan fingerprint density at radius 1 is 1.25 bits per heavy atom. The number of halogens is 2. The van der Waals surface area contributed by atoms with Crippen LogP contribution in [0.3, 0.4) is 0 Å². The molecular formula is C15H16Cl2N2O. The van der Waals surface area contributed by atoms with Gasteiger partial charge in [-0.15, -0.1) is 0 Å². The van der Waals surface area contributed by atoms with Crippen molar-refractivity contribution in [2.45, 2.75) is 19.6 Å². The molecule has 0 aliphatic rings. The Bertz CT molecular complexity index is 570. The summed E-state index contributed by atoms with van der Waals surface area (Å²) in [7, 11) is 0. The van der Waals surface area contributed by atoms with Crippen molar-refractivity contribution >= 4 is 23.2 Å².